The van der Waals surface area contributed by atoms with Gasteiger partial charge < -0.3 is 0 Å². The first-order valence-electron chi connectivity index (χ1n) is 4.35. The lowest BCUT2D eigenvalue weighted by Crippen LogP contribution is -2.63. The van der Waals surface area contributed by atoms with Crippen LogP contribution in [0.5, 0.6) is 0 Å². The molecule has 0 saturated carbocycles. The van der Waals surface area contributed by atoms with E-state index in [9.17, 15) is 0 Å². The summed E-state index contributed by atoms with van der Waals surface area (Å²) in [6.45, 7) is 0. The lowest BCUT2D eigenvalue weighted by atomic mass is 10.8. The molecular formula is C6H18N4O6. The number of nitrogens with one attached hydrogen (secondary N) is 4. The Morgan fingerprint density at radius 3 is 1.06 bits per heavy atom. The third-order valence-electron chi connectivity index (χ3n) is 1.85. The fraction of sp³-hybridized carbons (Fsp3) is 1.00. The predicted octanol–water partition coefficient (Wildman–Crippen LogP) is -1.99. The molecule has 0 bridgehead atoms. The van der Waals surface area contributed by atoms with Crippen molar-refractivity contribution in [2.24, 2.45) is 0 Å². The monoisotopic (exact) mass is 242 g/mol. The maximum Gasteiger partial charge on any atom is 0.347 e. The zero-order valence-electron chi connectivity index (χ0n) is 9.53. The summed E-state index contributed by atoms with van der Waals surface area (Å²) < 4.78 is 0. The van der Waals surface area contributed by atoms with Gasteiger partial charge >= 0.3 is 12.1 Å². The van der Waals surface area contributed by atoms with Crippen LogP contribution in [0, 0.1) is 0 Å². The van der Waals surface area contributed by atoms with E-state index < -0.39 is 12.1 Å². The van der Waals surface area contributed by atoms with Crippen molar-refractivity contribution in [2.45, 2.75) is 12.1 Å². The molecule has 10 heteroatoms. The van der Waals surface area contributed by atoms with Crippen molar-refractivity contribution >= 4 is 0 Å². The molecule has 0 radical (unpaired) electrons. The lowest BCUT2D eigenvalue weighted by Gasteiger charge is -2.32. The number of hydrogen-bond donors (Lipinski definition) is 6. The van der Waals surface area contributed by atoms with E-state index in [-0.39, 0.29) is 0 Å². The summed E-state index contributed by atoms with van der Waals surface area (Å²) in [5.74, 6) is 0. The highest BCUT2D eigenvalue weighted by Crippen LogP contribution is 2.09. The first kappa shape index (κ1) is 15.6. The fourth-order valence-electron chi connectivity index (χ4n) is 0.747. The van der Waals surface area contributed by atoms with Gasteiger partial charge in [0.05, 0.1) is 0 Å². The molecule has 16 heavy (non-hydrogen) atoms. The quantitative estimate of drug-likeness (QED) is 0.154. The summed E-state index contributed by atoms with van der Waals surface area (Å²) in [5.41, 5.74) is 0. The third kappa shape index (κ3) is 3.57. The molecule has 6 N–H and O–H groups in total. The van der Waals surface area contributed by atoms with E-state index in [2.05, 4.69) is 31.0 Å². The highest BCUT2D eigenvalue weighted by molar-refractivity contribution is 4.56. The first-order chi connectivity index (χ1) is 7.57. The van der Waals surface area contributed by atoms with Crippen molar-refractivity contribution in [3.63, 3.8) is 0 Å². The average molecular weight is 242 g/mol. The Bertz CT molecular complexity index is 149. The molecule has 0 spiro atoms. The molecule has 0 aromatic carbocycles. The van der Waals surface area contributed by atoms with Crippen LogP contribution >= 0.6 is 0 Å². The minimum atomic E-state index is -1.81. The summed E-state index contributed by atoms with van der Waals surface area (Å²) >= 11 is 0. The van der Waals surface area contributed by atoms with Crippen molar-refractivity contribution in [3.05, 3.63) is 0 Å². The van der Waals surface area contributed by atoms with E-state index in [1.165, 1.54) is 28.2 Å². The van der Waals surface area contributed by atoms with E-state index >= 15 is 0 Å². The zero-order chi connectivity index (χ0) is 12.7. The Morgan fingerprint density at radius 1 is 0.688 bits per heavy atom. The Labute approximate surface area is 92.6 Å². The van der Waals surface area contributed by atoms with E-state index in [1.807, 2.05) is 0 Å². The van der Waals surface area contributed by atoms with E-state index in [0.717, 1.165) is 0 Å². The van der Waals surface area contributed by atoms with Crippen LogP contribution in [0.2, 0.25) is 0 Å². The molecule has 0 atom stereocenters. The normalized spacial score (nSPS) is 13.1. The van der Waals surface area contributed by atoms with Gasteiger partial charge in [-0.15, -0.1) is 0 Å². The highest BCUT2D eigenvalue weighted by Gasteiger charge is 2.38. The summed E-state index contributed by atoms with van der Waals surface area (Å²) in [7, 11) is 5.71. The number of rotatable bonds is 9. The first-order valence-corrected chi connectivity index (χ1v) is 4.35. The van der Waals surface area contributed by atoms with Gasteiger partial charge in [0.25, 0.3) is 0 Å². The molecule has 0 fully saturated rings. The molecule has 0 aliphatic carbocycles. The molecule has 98 valence electrons. The van der Waals surface area contributed by atoms with Crippen molar-refractivity contribution in [1.29, 1.82) is 0 Å². The summed E-state index contributed by atoms with van der Waals surface area (Å²) in [5, 5.41) is 27.0. The Hall–Kier alpha value is -0.400. The SMILES string of the molecule is CNC(NC)(OO)OOC(NC)(NC)OO. The van der Waals surface area contributed by atoms with E-state index in [0.29, 0.717) is 0 Å². The smallest absolute Gasteiger partial charge is 0.251 e. The molecule has 0 heterocycles. The fourth-order valence-corrected chi connectivity index (χ4v) is 0.747. The van der Waals surface area contributed by atoms with Crippen molar-refractivity contribution < 1.29 is 30.1 Å². The molecular weight excluding hydrogens is 224 g/mol. The lowest BCUT2D eigenvalue weighted by molar-refractivity contribution is -0.590. The van der Waals surface area contributed by atoms with Gasteiger partial charge in [-0.3, -0.25) is 21.3 Å². The maximum absolute atomic E-state index is 8.62. The standard InChI is InChI=1S/C6H18N4O6/c1-7-5(8-2,13-11)15-16-6(9-3,10-4)14-12/h7-12H,1-4H3. The molecule has 0 aromatic heterocycles. The molecule has 10 nitrogen and oxygen atoms in total. The molecule has 0 aromatic rings. The topological polar surface area (TPSA) is 126 Å². The minimum Gasteiger partial charge on any atom is -0.251 e. The van der Waals surface area contributed by atoms with Gasteiger partial charge in [0.15, 0.2) is 0 Å². The predicted molar refractivity (Wildman–Crippen MR) is 51.3 cm³/mol. The van der Waals surface area contributed by atoms with Crippen LogP contribution in [0.3, 0.4) is 0 Å². The Morgan fingerprint density at radius 2 is 0.938 bits per heavy atom. The van der Waals surface area contributed by atoms with Crippen LogP contribution in [0.1, 0.15) is 0 Å². The van der Waals surface area contributed by atoms with Crippen LogP contribution in [0.4, 0.5) is 0 Å². The van der Waals surface area contributed by atoms with Crippen LogP contribution in [-0.4, -0.2) is 50.8 Å². The minimum absolute atomic E-state index is 1.43. The largest absolute Gasteiger partial charge is 0.347 e. The summed E-state index contributed by atoms with van der Waals surface area (Å²) in [4.78, 5) is 17.4. The average Bonchev–Trinajstić information content (AvgIpc) is 2.37. The van der Waals surface area contributed by atoms with Crippen LogP contribution in [0.15, 0.2) is 0 Å². The Balaban J connectivity index is 4.48. The third-order valence-corrected chi connectivity index (χ3v) is 1.85. The van der Waals surface area contributed by atoms with Gasteiger partial charge in [0.2, 0.25) is 0 Å². The second-order valence-corrected chi connectivity index (χ2v) is 2.58. The summed E-state index contributed by atoms with van der Waals surface area (Å²) in [6.07, 6.45) is 0. The molecule has 0 rings (SSSR count). The highest BCUT2D eigenvalue weighted by atomic mass is 17.3. The molecule has 0 unspecified atom stereocenters. The summed E-state index contributed by atoms with van der Waals surface area (Å²) in [6, 6.07) is -3.62. The van der Waals surface area contributed by atoms with Gasteiger partial charge in [0.1, 0.15) is 0 Å². The van der Waals surface area contributed by atoms with Gasteiger partial charge in [0, 0.05) is 0 Å². The van der Waals surface area contributed by atoms with Crippen molar-refractivity contribution in [2.75, 3.05) is 28.2 Å². The molecule has 0 amide bonds. The maximum atomic E-state index is 8.62. The van der Waals surface area contributed by atoms with Gasteiger partial charge in [-0.25, -0.2) is 10.5 Å². The van der Waals surface area contributed by atoms with E-state index in [4.69, 9.17) is 20.3 Å². The van der Waals surface area contributed by atoms with E-state index in [1.54, 1.807) is 0 Å². The Kier molecular flexibility index (Phi) is 6.85. The molecule has 0 aliphatic rings. The van der Waals surface area contributed by atoms with Crippen molar-refractivity contribution in [1.82, 2.24) is 21.3 Å². The second kappa shape index (κ2) is 7.03. The van der Waals surface area contributed by atoms with Gasteiger partial charge in [-0.1, -0.05) is 0 Å². The second-order valence-electron chi connectivity index (χ2n) is 2.58. The van der Waals surface area contributed by atoms with Crippen LogP contribution in [0.25, 0.3) is 0 Å². The number of hydrogen-bond acceptors (Lipinski definition) is 10. The van der Waals surface area contributed by atoms with Gasteiger partial charge in [-0.05, 0) is 28.2 Å². The zero-order valence-corrected chi connectivity index (χ0v) is 9.53. The van der Waals surface area contributed by atoms with Crippen molar-refractivity contribution in [3.8, 4) is 0 Å². The van der Waals surface area contributed by atoms with Crippen LogP contribution in [-0.2, 0) is 19.6 Å². The van der Waals surface area contributed by atoms with Gasteiger partial charge in [-0.2, -0.15) is 19.6 Å². The van der Waals surface area contributed by atoms with Crippen LogP contribution < -0.4 is 21.3 Å². The molecule has 0 saturated heterocycles. The molecule has 0 aliphatic heterocycles.